The molecule has 2 saturated carbocycles. The maximum atomic E-state index is 15.5. The van der Waals surface area contributed by atoms with Crippen molar-refractivity contribution >= 4 is 5.97 Å². The minimum Gasteiger partial charge on any atom is -0.497 e. The van der Waals surface area contributed by atoms with E-state index in [1.807, 2.05) is 12.1 Å². The molecule has 206 valence electrons. The van der Waals surface area contributed by atoms with E-state index >= 15 is 8.78 Å². The van der Waals surface area contributed by atoms with Crippen LogP contribution in [0.15, 0.2) is 54.6 Å². The molecule has 1 N–H and O–H groups in total. The average molecular weight is 535 g/mol. The molecule has 2 unspecified atom stereocenters. The van der Waals surface area contributed by atoms with Gasteiger partial charge in [-0.15, -0.1) is 0 Å². The highest BCUT2D eigenvalue weighted by Crippen LogP contribution is 2.51. The van der Waals surface area contributed by atoms with Crippen molar-refractivity contribution in [2.75, 3.05) is 7.11 Å². The van der Waals surface area contributed by atoms with E-state index in [0.717, 1.165) is 48.8 Å². The van der Waals surface area contributed by atoms with E-state index < -0.39 is 11.8 Å². The Balaban J connectivity index is 1.46. The van der Waals surface area contributed by atoms with Crippen molar-refractivity contribution < 1.29 is 28.2 Å². The third-order valence-electron chi connectivity index (χ3n) is 8.58. The summed E-state index contributed by atoms with van der Waals surface area (Å²) in [6, 6.07) is 15.7. The molecule has 2 aliphatic rings. The third-order valence-corrected chi connectivity index (χ3v) is 8.58. The van der Waals surface area contributed by atoms with E-state index in [2.05, 4.69) is 19.9 Å². The molecule has 0 aromatic heterocycles. The number of benzene rings is 3. The first kappa shape index (κ1) is 27.2. The lowest BCUT2D eigenvalue weighted by molar-refractivity contribution is -0.137. The van der Waals surface area contributed by atoms with E-state index in [0.29, 0.717) is 16.9 Å². The van der Waals surface area contributed by atoms with E-state index in [4.69, 9.17) is 9.47 Å². The zero-order valence-corrected chi connectivity index (χ0v) is 22.8. The SMILES string of the molecule is COc1ccc(F)c(-c2ccc(COc3cccc(C(CC(=O)O)C4CC4)c3F)cc2C2CCCC2(C)C)c1. The number of carbonyl (C=O) groups is 1. The Bertz CT molecular complexity index is 1360. The Morgan fingerprint density at radius 3 is 2.51 bits per heavy atom. The largest absolute Gasteiger partial charge is 0.497 e. The van der Waals surface area contributed by atoms with Crippen LogP contribution in [0.4, 0.5) is 8.78 Å². The smallest absolute Gasteiger partial charge is 0.303 e. The number of carboxylic acids is 1. The summed E-state index contributed by atoms with van der Waals surface area (Å²) in [7, 11) is 1.57. The molecule has 0 bridgehead atoms. The summed E-state index contributed by atoms with van der Waals surface area (Å²) in [5.74, 6) is -0.898. The summed E-state index contributed by atoms with van der Waals surface area (Å²) in [6.45, 7) is 4.66. The second-order valence-electron chi connectivity index (χ2n) is 11.7. The van der Waals surface area contributed by atoms with Gasteiger partial charge in [0.05, 0.1) is 13.5 Å². The second-order valence-corrected chi connectivity index (χ2v) is 11.7. The minimum absolute atomic E-state index is 0.0615. The van der Waals surface area contributed by atoms with Crippen molar-refractivity contribution in [2.24, 2.45) is 11.3 Å². The zero-order chi connectivity index (χ0) is 27.7. The normalized spacial score (nSPS) is 19.1. The number of hydrogen-bond acceptors (Lipinski definition) is 3. The van der Waals surface area contributed by atoms with Crippen LogP contribution >= 0.6 is 0 Å². The molecule has 5 rings (SSSR count). The van der Waals surface area contributed by atoms with Gasteiger partial charge in [0.15, 0.2) is 11.6 Å². The molecule has 0 amide bonds. The Labute approximate surface area is 229 Å². The Hall–Kier alpha value is -3.41. The van der Waals surface area contributed by atoms with Gasteiger partial charge in [-0.25, -0.2) is 8.78 Å². The lowest BCUT2D eigenvalue weighted by Gasteiger charge is -2.30. The fraction of sp³-hybridized carbons (Fsp3) is 0.424. The standard InChI is InChI=1S/C33H36F2O4/c1-33(2)15-5-7-28(33)26-16-20(9-13-23(26)27-17-22(38-3)12-14-29(27)34)19-39-30-8-4-6-24(32(30)35)25(18-31(36)37)21-10-11-21/h4,6,8-9,12-14,16-17,21,25,28H,5,7,10-11,15,18-19H2,1-3H3,(H,36,37). The quantitative estimate of drug-likeness (QED) is 0.283. The molecular formula is C33H36F2O4. The van der Waals surface area contributed by atoms with Crippen molar-refractivity contribution in [3.63, 3.8) is 0 Å². The van der Waals surface area contributed by atoms with Crippen LogP contribution < -0.4 is 9.47 Å². The third kappa shape index (κ3) is 5.80. The number of methoxy groups -OCH3 is 1. The van der Waals surface area contributed by atoms with Gasteiger partial charge in [-0.05, 0) is 89.5 Å². The minimum atomic E-state index is -0.924. The van der Waals surface area contributed by atoms with Gasteiger partial charge < -0.3 is 14.6 Å². The second kappa shape index (κ2) is 11.0. The van der Waals surface area contributed by atoms with E-state index in [1.54, 1.807) is 37.4 Å². The van der Waals surface area contributed by atoms with Crippen LogP contribution in [0.1, 0.15) is 80.9 Å². The van der Waals surface area contributed by atoms with Crippen LogP contribution in [0.25, 0.3) is 11.1 Å². The molecule has 39 heavy (non-hydrogen) atoms. The van der Waals surface area contributed by atoms with Gasteiger partial charge in [0, 0.05) is 11.5 Å². The molecule has 6 heteroatoms. The number of carboxylic acid groups (broad SMARTS) is 1. The van der Waals surface area contributed by atoms with Crippen molar-refractivity contribution in [3.8, 4) is 22.6 Å². The highest BCUT2D eigenvalue weighted by molar-refractivity contribution is 5.71. The first-order valence-electron chi connectivity index (χ1n) is 13.8. The van der Waals surface area contributed by atoms with Crippen molar-refractivity contribution in [1.29, 1.82) is 0 Å². The Morgan fingerprint density at radius 2 is 1.85 bits per heavy atom. The summed E-state index contributed by atoms with van der Waals surface area (Å²) >= 11 is 0. The number of rotatable bonds is 10. The van der Waals surface area contributed by atoms with Crippen molar-refractivity contribution in [2.45, 2.75) is 70.8 Å². The van der Waals surface area contributed by atoms with Gasteiger partial charge in [0.25, 0.3) is 0 Å². The lowest BCUT2D eigenvalue weighted by atomic mass is 9.75. The van der Waals surface area contributed by atoms with Crippen LogP contribution in [0.2, 0.25) is 0 Å². The van der Waals surface area contributed by atoms with Crippen molar-refractivity contribution in [3.05, 3.63) is 82.9 Å². The molecule has 0 aliphatic heterocycles. The summed E-state index contributed by atoms with van der Waals surface area (Å²) in [6.07, 6.45) is 4.96. The monoisotopic (exact) mass is 534 g/mol. The molecule has 0 saturated heterocycles. The fourth-order valence-corrected chi connectivity index (χ4v) is 6.28. The Kier molecular flexibility index (Phi) is 7.66. The molecule has 0 radical (unpaired) electrons. The maximum Gasteiger partial charge on any atom is 0.303 e. The number of hydrogen-bond donors (Lipinski definition) is 1. The molecule has 3 aromatic carbocycles. The predicted octanol–water partition coefficient (Wildman–Crippen LogP) is 8.48. The van der Waals surface area contributed by atoms with Gasteiger partial charge in [0.1, 0.15) is 18.2 Å². The van der Waals surface area contributed by atoms with Crippen LogP contribution in [-0.2, 0) is 11.4 Å². The topological polar surface area (TPSA) is 55.8 Å². The fourth-order valence-electron chi connectivity index (χ4n) is 6.28. The Morgan fingerprint density at radius 1 is 1.05 bits per heavy atom. The van der Waals surface area contributed by atoms with Gasteiger partial charge in [0.2, 0.25) is 0 Å². The maximum absolute atomic E-state index is 15.5. The summed E-state index contributed by atoms with van der Waals surface area (Å²) in [5.41, 5.74) is 3.75. The summed E-state index contributed by atoms with van der Waals surface area (Å²) in [5, 5.41) is 9.35. The molecule has 2 aliphatic carbocycles. The van der Waals surface area contributed by atoms with Crippen LogP contribution in [0, 0.1) is 23.0 Å². The first-order valence-corrected chi connectivity index (χ1v) is 13.8. The van der Waals surface area contributed by atoms with E-state index in [-0.39, 0.29) is 47.8 Å². The molecule has 2 atom stereocenters. The van der Waals surface area contributed by atoms with Crippen LogP contribution in [0.3, 0.4) is 0 Å². The van der Waals surface area contributed by atoms with Crippen LogP contribution in [-0.4, -0.2) is 18.2 Å². The molecule has 4 nitrogen and oxygen atoms in total. The highest BCUT2D eigenvalue weighted by Gasteiger charge is 2.38. The molecule has 2 fully saturated rings. The number of aliphatic carboxylic acids is 1. The molecule has 3 aromatic rings. The van der Waals surface area contributed by atoms with Gasteiger partial charge >= 0.3 is 5.97 Å². The summed E-state index contributed by atoms with van der Waals surface area (Å²) < 4.78 is 41.9. The van der Waals surface area contributed by atoms with Gasteiger partial charge in [-0.1, -0.05) is 50.6 Å². The van der Waals surface area contributed by atoms with Gasteiger partial charge in [-0.3, -0.25) is 4.79 Å². The highest BCUT2D eigenvalue weighted by atomic mass is 19.1. The first-order chi connectivity index (χ1) is 18.7. The average Bonchev–Trinajstić information content (AvgIpc) is 3.69. The molecule has 0 heterocycles. The predicted molar refractivity (Wildman–Crippen MR) is 147 cm³/mol. The lowest BCUT2D eigenvalue weighted by Crippen LogP contribution is -2.17. The number of halogens is 2. The van der Waals surface area contributed by atoms with E-state index in [1.165, 1.54) is 6.07 Å². The molecule has 0 spiro atoms. The van der Waals surface area contributed by atoms with Gasteiger partial charge in [-0.2, -0.15) is 0 Å². The van der Waals surface area contributed by atoms with Crippen LogP contribution in [0.5, 0.6) is 11.5 Å². The molecular weight excluding hydrogens is 498 g/mol. The number of ether oxygens (including phenoxy) is 2. The van der Waals surface area contributed by atoms with E-state index in [9.17, 15) is 9.90 Å². The zero-order valence-electron chi connectivity index (χ0n) is 22.8. The summed E-state index contributed by atoms with van der Waals surface area (Å²) in [4.78, 5) is 11.4. The van der Waals surface area contributed by atoms with Crippen molar-refractivity contribution in [1.82, 2.24) is 0 Å².